The molecule has 0 aliphatic rings. The van der Waals surface area contributed by atoms with Crippen molar-refractivity contribution in [3.05, 3.63) is 54.6 Å². The second-order valence-electron chi connectivity index (χ2n) is 3.94. The van der Waals surface area contributed by atoms with Crippen LogP contribution in [0.1, 0.15) is 24.1 Å². The summed E-state index contributed by atoms with van der Waals surface area (Å²) in [5.41, 5.74) is 1.20. The standard InChI is InChI=1S/C13H11Br2F2NS/c1-2-18-12(9-6-11(14)19-13(9)15)8-5-7(16)3-4-10(8)17/h3-6,12,18H,2H2,1H3. The molecule has 1 N–H and O–H groups in total. The molecule has 19 heavy (non-hydrogen) atoms. The third kappa shape index (κ3) is 3.42. The summed E-state index contributed by atoms with van der Waals surface area (Å²) >= 11 is 8.37. The van der Waals surface area contributed by atoms with Crippen LogP contribution < -0.4 is 5.32 Å². The largest absolute Gasteiger partial charge is 0.306 e. The van der Waals surface area contributed by atoms with Crippen molar-refractivity contribution in [1.29, 1.82) is 0 Å². The minimum absolute atomic E-state index is 0.313. The topological polar surface area (TPSA) is 12.0 Å². The number of nitrogens with one attached hydrogen (secondary N) is 1. The number of rotatable bonds is 4. The fourth-order valence-corrected chi connectivity index (χ4v) is 4.78. The molecule has 0 amide bonds. The molecule has 102 valence electrons. The van der Waals surface area contributed by atoms with Gasteiger partial charge in [0.1, 0.15) is 11.6 Å². The summed E-state index contributed by atoms with van der Waals surface area (Å²) in [6, 6.07) is 5.05. The van der Waals surface area contributed by atoms with Crippen LogP contribution in [-0.4, -0.2) is 6.54 Å². The van der Waals surface area contributed by atoms with Crippen LogP contribution in [-0.2, 0) is 0 Å². The van der Waals surface area contributed by atoms with Crippen molar-refractivity contribution >= 4 is 43.2 Å². The van der Waals surface area contributed by atoms with Crippen molar-refractivity contribution in [1.82, 2.24) is 5.32 Å². The monoisotopic (exact) mass is 409 g/mol. The first-order valence-corrected chi connectivity index (χ1v) is 8.06. The molecule has 2 aromatic rings. The zero-order valence-electron chi connectivity index (χ0n) is 10.0. The van der Waals surface area contributed by atoms with E-state index in [1.165, 1.54) is 17.4 Å². The van der Waals surface area contributed by atoms with Crippen LogP contribution in [0.2, 0.25) is 0 Å². The van der Waals surface area contributed by atoms with Gasteiger partial charge in [0.05, 0.1) is 13.6 Å². The first kappa shape index (κ1) is 15.1. The molecular weight excluding hydrogens is 400 g/mol. The molecule has 0 bridgehead atoms. The van der Waals surface area contributed by atoms with Crippen molar-refractivity contribution < 1.29 is 8.78 Å². The fourth-order valence-electron chi connectivity index (χ4n) is 1.88. The Hall–Kier alpha value is -0.300. The summed E-state index contributed by atoms with van der Waals surface area (Å²) in [5, 5.41) is 3.19. The van der Waals surface area contributed by atoms with E-state index in [9.17, 15) is 8.78 Å². The molecule has 0 saturated carbocycles. The summed E-state index contributed by atoms with van der Waals surface area (Å²) in [6.07, 6.45) is 0. The molecule has 0 fully saturated rings. The molecule has 1 nitrogen and oxygen atoms in total. The smallest absolute Gasteiger partial charge is 0.128 e. The van der Waals surface area contributed by atoms with Crippen molar-refractivity contribution in [3.8, 4) is 0 Å². The highest BCUT2D eigenvalue weighted by Crippen LogP contribution is 2.38. The van der Waals surface area contributed by atoms with E-state index in [0.717, 1.165) is 25.3 Å². The SMILES string of the molecule is CCNC(c1cc(F)ccc1F)c1cc(Br)sc1Br. The van der Waals surface area contributed by atoms with E-state index < -0.39 is 11.6 Å². The Morgan fingerprint density at radius 1 is 1.21 bits per heavy atom. The molecule has 0 spiro atoms. The zero-order valence-corrected chi connectivity index (χ0v) is 14.0. The van der Waals surface area contributed by atoms with Gasteiger partial charge in [-0.15, -0.1) is 11.3 Å². The molecule has 1 atom stereocenters. The Balaban J connectivity index is 2.51. The number of thiophene rings is 1. The highest BCUT2D eigenvalue weighted by atomic mass is 79.9. The summed E-state index contributed by atoms with van der Waals surface area (Å²) in [4.78, 5) is 0. The highest BCUT2D eigenvalue weighted by molar-refractivity contribution is 9.12. The molecular formula is C13H11Br2F2NS. The summed E-state index contributed by atoms with van der Waals surface area (Å²) in [5.74, 6) is -0.855. The van der Waals surface area contributed by atoms with Crippen LogP contribution in [0.15, 0.2) is 31.8 Å². The van der Waals surface area contributed by atoms with E-state index in [0.29, 0.717) is 12.1 Å². The zero-order chi connectivity index (χ0) is 14.0. The van der Waals surface area contributed by atoms with E-state index >= 15 is 0 Å². The van der Waals surface area contributed by atoms with Gasteiger partial charge in [0, 0.05) is 5.56 Å². The maximum absolute atomic E-state index is 13.9. The Morgan fingerprint density at radius 3 is 2.53 bits per heavy atom. The molecule has 1 heterocycles. The quantitative estimate of drug-likeness (QED) is 0.725. The normalized spacial score (nSPS) is 12.7. The van der Waals surface area contributed by atoms with Gasteiger partial charge in [0.25, 0.3) is 0 Å². The maximum Gasteiger partial charge on any atom is 0.128 e. The van der Waals surface area contributed by atoms with Crippen LogP contribution in [0.3, 0.4) is 0 Å². The summed E-state index contributed by atoms with van der Waals surface area (Å²) in [6.45, 7) is 2.58. The van der Waals surface area contributed by atoms with Gasteiger partial charge in [-0.2, -0.15) is 0 Å². The minimum Gasteiger partial charge on any atom is -0.306 e. The first-order valence-electron chi connectivity index (χ1n) is 5.66. The van der Waals surface area contributed by atoms with Gasteiger partial charge in [-0.05, 0) is 68.2 Å². The van der Waals surface area contributed by atoms with Gasteiger partial charge in [-0.3, -0.25) is 0 Å². The van der Waals surface area contributed by atoms with E-state index in [2.05, 4.69) is 37.2 Å². The number of benzene rings is 1. The Kier molecular flexibility index (Phi) is 5.11. The average Bonchev–Trinajstić information content (AvgIpc) is 2.69. The van der Waals surface area contributed by atoms with Gasteiger partial charge in [-0.25, -0.2) is 8.78 Å². The van der Waals surface area contributed by atoms with Gasteiger partial charge in [0.2, 0.25) is 0 Å². The fraction of sp³-hybridized carbons (Fsp3) is 0.231. The lowest BCUT2D eigenvalue weighted by Gasteiger charge is -2.19. The van der Waals surface area contributed by atoms with Gasteiger partial charge in [-0.1, -0.05) is 6.92 Å². The van der Waals surface area contributed by atoms with Gasteiger partial charge >= 0.3 is 0 Å². The third-order valence-electron chi connectivity index (χ3n) is 2.67. The lowest BCUT2D eigenvalue weighted by molar-refractivity contribution is 0.545. The lowest BCUT2D eigenvalue weighted by Crippen LogP contribution is -2.23. The molecule has 6 heteroatoms. The van der Waals surface area contributed by atoms with Crippen molar-refractivity contribution in [2.75, 3.05) is 6.54 Å². The number of hydrogen-bond acceptors (Lipinski definition) is 2. The highest BCUT2D eigenvalue weighted by Gasteiger charge is 2.21. The maximum atomic E-state index is 13.9. The van der Waals surface area contributed by atoms with Gasteiger partial charge in [0.15, 0.2) is 0 Å². The number of hydrogen-bond donors (Lipinski definition) is 1. The molecule has 0 aliphatic carbocycles. The van der Waals surface area contributed by atoms with Crippen molar-refractivity contribution in [2.45, 2.75) is 13.0 Å². The van der Waals surface area contributed by atoms with Crippen LogP contribution in [0.4, 0.5) is 8.78 Å². The molecule has 1 aromatic carbocycles. The molecule has 1 unspecified atom stereocenters. The van der Waals surface area contributed by atoms with E-state index in [-0.39, 0.29) is 6.04 Å². The number of halogens is 4. The molecule has 0 saturated heterocycles. The van der Waals surface area contributed by atoms with Gasteiger partial charge < -0.3 is 5.32 Å². The average molecular weight is 411 g/mol. The van der Waals surface area contributed by atoms with Crippen LogP contribution in [0.25, 0.3) is 0 Å². The molecule has 2 rings (SSSR count). The van der Waals surface area contributed by atoms with Crippen LogP contribution in [0, 0.1) is 11.6 Å². The minimum atomic E-state index is -0.440. The van der Waals surface area contributed by atoms with Crippen molar-refractivity contribution in [3.63, 3.8) is 0 Å². The lowest BCUT2D eigenvalue weighted by atomic mass is 10.0. The summed E-state index contributed by atoms with van der Waals surface area (Å²) in [7, 11) is 0. The Bertz CT molecular complexity index is 586. The molecule has 0 radical (unpaired) electrons. The van der Waals surface area contributed by atoms with E-state index in [1.54, 1.807) is 0 Å². The van der Waals surface area contributed by atoms with E-state index in [1.807, 2.05) is 13.0 Å². The van der Waals surface area contributed by atoms with Crippen molar-refractivity contribution in [2.24, 2.45) is 0 Å². The Labute approximate surface area is 131 Å². The predicted octanol–water partition coefficient (Wildman–Crippen LogP) is 5.25. The molecule has 1 aromatic heterocycles. The molecule has 0 aliphatic heterocycles. The third-order valence-corrected chi connectivity index (χ3v) is 5.06. The van der Waals surface area contributed by atoms with E-state index in [4.69, 9.17) is 0 Å². The predicted molar refractivity (Wildman–Crippen MR) is 81.6 cm³/mol. The van der Waals surface area contributed by atoms with Crippen LogP contribution >= 0.6 is 43.2 Å². The first-order chi connectivity index (χ1) is 9.02. The summed E-state index contributed by atoms with van der Waals surface area (Å²) < 4.78 is 29.1. The Morgan fingerprint density at radius 2 is 1.95 bits per heavy atom. The second kappa shape index (κ2) is 6.43. The van der Waals surface area contributed by atoms with Crippen LogP contribution in [0.5, 0.6) is 0 Å². The second-order valence-corrected chi connectivity index (χ2v) is 7.69.